The van der Waals surface area contributed by atoms with E-state index < -0.39 is 26.8 Å². The second kappa shape index (κ2) is 11.1. The average molecular weight is 545 g/mol. The minimum absolute atomic E-state index is 0.0176. The van der Waals surface area contributed by atoms with Crippen LogP contribution in [0.5, 0.6) is 0 Å². The van der Waals surface area contributed by atoms with Crippen molar-refractivity contribution in [3.63, 3.8) is 0 Å². The van der Waals surface area contributed by atoms with Gasteiger partial charge >= 0.3 is 5.97 Å². The van der Waals surface area contributed by atoms with Gasteiger partial charge in [0.2, 0.25) is 0 Å². The minimum Gasteiger partial charge on any atom is -0.478 e. The molecular formula is C24H24N4O7S2. The number of benzene rings is 2. The van der Waals surface area contributed by atoms with Crippen LogP contribution < -0.4 is 10.6 Å². The Morgan fingerprint density at radius 1 is 1.05 bits per heavy atom. The van der Waals surface area contributed by atoms with Crippen molar-refractivity contribution in [2.24, 2.45) is 0 Å². The predicted molar refractivity (Wildman–Crippen MR) is 137 cm³/mol. The van der Waals surface area contributed by atoms with E-state index in [4.69, 9.17) is 5.11 Å². The Kier molecular flexibility index (Phi) is 7.86. The molecule has 37 heavy (non-hydrogen) atoms. The smallest absolute Gasteiger partial charge is 0.335 e. The van der Waals surface area contributed by atoms with Gasteiger partial charge in [0, 0.05) is 47.4 Å². The zero-order valence-corrected chi connectivity index (χ0v) is 21.1. The summed E-state index contributed by atoms with van der Waals surface area (Å²) in [5, 5.41) is 25.9. The van der Waals surface area contributed by atoms with E-state index in [9.17, 15) is 28.1 Å². The summed E-state index contributed by atoms with van der Waals surface area (Å²) in [5.74, 6) is -1.43. The molecule has 3 N–H and O–H groups in total. The maximum atomic E-state index is 13.1. The SMILES string of the molecule is O=C(O)c1cccc(NC2CCN(S(=O)(=O)c3ccc(CNC(=O)c4ccc([N+](=O)[O-])cc4)s3)CC2)c1. The lowest BCUT2D eigenvalue weighted by Crippen LogP contribution is -2.42. The topological polar surface area (TPSA) is 159 Å². The molecule has 4 rings (SSSR count). The monoisotopic (exact) mass is 544 g/mol. The maximum absolute atomic E-state index is 13.1. The van der Waals surface area contributed by atoms with Gasteiger partial charge in [0.15, 0.2) is 0 Å². The fourth-order valence-corrected chi connectivity index (χ4v) is 6.86. The van der Waals surface area contributed by atoms with Gasteiger partial charge in [-0.25, -0.2) is 13.2 Å². The Morgan fingerprint density at radius 3 is 2.41 bits per heavy atom. The fourth-order valence-electron chi connectivity index (χ4n) is 3.94. The number of amides is 1. The molecule has 3 aromatic rings. The summed E-state index contributed by atoms with van der Waals surface area (Å²) < 4.78 is 27.9. The first kappa shape index (κ1) is 26.3. The first-order valence-corrected chi connectivity index (χ1v) is 13.6. The van der Waals surface area contributed by atoms with E-state index in [-0.39, 0.29) is 33.6 Å². The van der Waals surface area contributed by atoms with Crippen LogP contribution >= 0.6 is 11.3 Å². The summed E-state index contributed by atoms with van der Waals surface area (Å²) in [6.45, 7) is 0.767. The van der Waals surface area contributed by atoms with Gasteiger partial charge in [-0.3, -0.25) is 14.9 Å². The number of nitrogens with one attached hydrogen (secondary N) is 2. The number of carboxylic acid groups (broad SMARTS) is 1. The Morgan fingerprint density at radius 2 is 1.76 bits per heavy atom. The van der Waals surface area contributed by atoms with E-state index in [2.05, 4.69) is 10.6 Å². The Hall–Kier alpha value is -3.81. The number of anilines is 1. The number of nitro benzene ring substituents is 1. The van der Waals surface area contributed by atoms with Gasteiger partial charge in [0.05, 0.1) is 17.0 Å². The molecule has 1 aromatic heterocycles. The average Bonchev–Trinajstić information content (AvgIpc) is 3.38. The molecular weight excluding hydrogens is 520 g/mol. The van der Waals surface area contributed by atoms with Crippen LogP contribution in [0.4, 0.5) is 11.4 Å². The number of nitrogens with zero attached hydrogens (tertiary/aromatic N) is 2. The second-order valence-electron chi connectivity index (χ2n) is 8.42. The van der Waals surface area contributed by atoms with Crippen LogP contribution in [0.1, 0.15) is 38.4 Å². The summed E-state index contributed by atoms with van der Waals surface area (Å²) in [6.07, 6.45) is 1.14. The van der Waals surface area contributed by atoms with Gasteiger partial charge in [0.25, 0.3) is 21.6 Å². The Bertz CT molecular complexity index is 1410. The van der Waals surface area contributed by atoms with Crippen LogP contribution in [0.25, 0.3) is 0 Å². The van der Waals surface area contributed by atoms with Crippen LogP contribution in [0.2, 0.25) is 0 Å². The van der Waals surface area contributed by atoms with Crippen molar-refractivity contribution in [3.05, 3.63) is 86.8 Å². The van der Waals surface area contributed by atoms with Crippen LogP contribution in [0.15, 0.2) is 64.9 Å². The third kappa shape index (κ3) is 6.31. The van der Waals surface area contributed by atoms with Crippen molar-refractivity contribution in [1.82, 2.24) is 9.62 Å². The van der Waals surface area contributed by atoms with Crippen LogP contribution in [-0.2, 0) is 16.6 Å². The number of carboxylic acids is 1. The summed E-state index contributed by atoms with van der Waals surface area (Å²) >= 11 is 1.08. The number of hydrogen-bond donors (Lipinski definition) is 3. The molecule has 1 fully saturated rings. The first-order valence-electron chi connectivity index (χ1n) is 11.3. The van der Waals surface area contributed by atoms with E-state index in [0.717, 1.165) is 11.3 Å². The molecule has 0 spiro atoms. The van der Waals surface area contributed by atoms with Gasteiger partial charge in [-0.1, -0.05) is 6.07 Å². The molecule has 1 saturated heterocycles. The highest BCUT2D eigenvalue weighted by molar-refractivity contribution is 7.91. The molecule has 0 radical (unpaired) electrons. The number of piperidine rings is 1. The first-order chi connectivity index (χ1) is 17.6. The number of carbonyl (C=O) groups is 2. The number of hydrogen-bond acceptors (Lipinski definition) is 8. The maximum Gasteiger partial charge on any atom is 0.335 e. The van der Waals surface area contributed by atoms with E-state index in [0.29, 0.717) is 36.5 Å². The Labute approximate surface area is 216 Å². The van der Waals surface area contributed by atoms with Gasteiger partial charge < -0.3 is 15.7 Å². The van der Waals surface area contributed by atoms with E-state index >= 15 is 0 Å². The molecule has 2 heterocycles. The molecule has 0 saturated carbocycles. The molecule has 13 heteroatoms. The standard InChI is InChI=1S/C24H24N4O7S2/c29-23(16-4-6-20(7-5-16)28(32)33)25-15-21-8-9-22(36-21)37(34,35)27-12-10-18(11-13-27)26-19-3-1-2-17(14-19)24(30)31/h1-9,14,18,26H,10-13,15H2,(H,25,29)(H,30,31). The van der Waals surface area contributed by atoms with Crippen molar-refractivity contribution in [1.29, 1.82) is 0 Å². The van der Waals surface area contributed by atoms with E-state index in [1.165, 1.54) is 40.7 Å². The van der Waals surface area contributed by atoms with Gasteiger partial charge in [-0.05, 0) is 55.3 Å². The normalized spacial score (nSPS) is 14.7. The third-order valence-corrected chi connectivity index (χ3v) is 9.38. The summed E-state index contributed by atoms with van der Waals surface area (Å²) in [5.41, 5.74) is 1.01. The minimum atomic E-state index is -3.69. The number of aromatic carboxylic acids is 1. The molecule has 11 nitrogen and oxygen atoms in total. The van der Waals surface area contributed by atoms with Crippen LogP contribution in [-0.4, -0.2) is 53.8 Å². The molecule has 1 aliphatic rings. The summed E-state index contributed by atoms with van der Waals surface area (Å²) in [6, 6.07) is 14.9. The van der Waals surface area contributed by atoms with Gasteiger partial charge in [-0.15, -0.1) is 11.3 Å². The highest BCUT2D eigenvalue weighted by Gasteiger charge is 2.30. The number of thiophene rings is 1. The van der Waals surface area contributed by atoms with Crippen LogP contribution in [0.3, 0.4) is 0 Å². The molecule has 2 aromatic carbocycles. The van der Waals surface area contributed by atoms with E-state index in [1.54, 1.807) is 24.3 Å². The zero-order chi connectivity index (χ0) is 26.6. The van der Waals surface area contributed by atoms with Crippen molar-refractivity contribution in [2.75, 3.05) is 18.4 Å². The lowest BCUT2D eigenvalue weighted by molar-refractivity contribution is -0.384. The van der Waals surface area contributed by atoms with Gasteiger partial charge in [0.1, 0.15) is 4.21 Å². The number of nitro groups is 1. The molecule has 1 aliphatic heterocycles. The number of sulfonamides is 1. The molecule has 0 atom stereocenters. The highest BCUT2D eigenvalue weighted by Crippen LogP contribution is 2.28. The lowest BCUT2D eigenvalue weighted by atomic mass is 10.1. The quantitative estimate of drug-likeness (QED) is 0.272. The third-order valence-electron chi connectivity index (χ3n) is 5.93. The van der Waals surface area contributed by atoms with Crippen molar-refractivity contribution >= 4 is 44.6 Å². The van der Waals surface area contributed by atoms with Crippen LogP contribution in [0, 0.1) is 10.1 Å². The molecule has 0 bridgehead atoms. The van der Waals surface area contributed by atoms with E-state index in [1.807, 2.05) is 0 Å². The molecule has 0 aliphatic carbocycles. The molecule has 0 unspecified atom stereocenters. The second-order valence-corrected chi connectivity index (χ2v) is 11.7. The fraction of sp³-hybridized carbons (Fsp3) is 0.250. The highest BCUT2D eigenvalue weighted by atomic mass is 32.2. The zero-order valence-electron chi connectivity index (χ0n) is 19.5. The van der Waals surface area contributed by atoms with Crippen molar-refractivity contribution in [3.8, 4) is 0 Å². The Balaban J connectivity index is 1.31. The molecule has 194 valence electrons. The summed E-state index contributed by atoms with van der Waals surface area (Å²) in [7, 11) is -3.69. The lowest BCUT2D eigenvalue weighted by Gasteiger charge is -2.31. The number of rotatable bonds is 9. The van der Waals surface area contributed by atoms with Gasteiger partial charge in [-0.2, -0.15) is 4.31 Å². The predicted octanol–water partition coefficient (Wildman–Crippen LogP) is 3.55. The number of carbonyl (C=O) groups excluding carboxylic acids is 1. The van der Waals surface area contributed by atoms with Crippen molar-refractivity contribution < 1.29 is 28.0 Å². The summed E-state index contributed by atoms with van der Waals surface area (Å²) in [4.78, 5) is 34.3. The number of non-ortho nitro benzene ring substituents is 1. The van der Waals surface area contributed by atoms with Crippen molar-refractivity contribution in [2.45, 2.75) is 29.6 Å². The largest absolute Gasteiger partial charge is 0.478 e. The molecule has 1 amide bonds.